The molecule has 7 heteroatoms. The van der Waals surface area contributed by atoms with Crippen molar-refractivity contribution in [1.82, 2.24) is 9.55 Å². The zero-order chi connectivity index (χ0) is 19.7. The maximum absolute atomic E-state index is 14.0. The minimum Gasteiger partial charge on any atom is -0.310 e. The predicted octanol–water partition coefficient (Wildman–Crippen LogP) is 3.58. The summed E-state index contributed by atoms with van der Waals surface area (Å²) < 4.78 is 16.0. The van der Waals surface area contributed by atoms with Gasteiger partial charge >= 0.3 is 0 Å². The number of hydrogen-bond acceptors (Lipinski definition) is 3. The number of nitrogens with one attached hydrogen (secondary N) is 1. The molecule has 2 heterocycles. The molecule has 1 atom stereocenters. The number of aromatic nitrogens is 2. The molecule has 2 aromatic carbocycles. The molecule has 3 aromatic rings. The summed E-state index contributed by atoms with van der Waals surface area (Å²) in [4.78, 5) is 31.0. The fourth-order valence-electron chi connectivity index (χ4n) is 3.62. The molecule has 0 bridgehead atoms. The number of amides is 2. The van der Waals surface area contributed by atoms with E-state index in [2.05, 4.69) is 17.2 Å². The number of carbonyl (C=O) groups is 2. The van der Waals surface area contributed by atoms with Crippen molar-refractivity contribution in [2.45, 2.75) is 26.3 Å². The summed E-state index contributed by atoms with van der Waals surface area (Å²) in [6, 6.07) is 13.8. The molecule has 1 N–H and O–H groups in total. The molecule has 28 heavy (non-hydrogen) atoms. The van der Waals surface area contributed by atoms with Gasteiger partial charge in [0.25, 0.3) is 0 Å². The van der Waals surface area contributed by atoms with E-state index in [1.165, 1.54) is 11.0 Å². The Morgan fingerprint density at radius 1 is 1.21 bits per heavy atom. The molecule has 4 rings (SSSR count). The van der Waals surface area contributed by atoms with Crippen molar-refractivity contribution in [3.63, 3.8) is 0 Å². The van der Waals surface area contributed by atoms with Crippen molar-refractivity contribution in [3.8, 4) is 0 Å². The Balaban J connectivity index is 1.55. The molecule has 2 amide bonds. The fraction of sp³-hybridized carbons (Fsp3) is 0.286. The molecule has 6 nitrogen and oxygen atoms in total. The molecular formula is C21H21FN4O2. The Labute approximate surface area is 162 Å². The molecule has 1 aliphatic heterocycles. The first-order chi connectivity index (χ1) is 13.6. The van der Waals surface area contributed by atoms with Gasteiger partial charge in [0, 0.05) is 19.5 Å². The number of nitrogens with zero attached hydrogens (tertiary/aromatic N) is 3. The van der Waals surface area contributed by atoms with Gasteiger partial charge in [-0.2, -0.15) is 0 Å². The lowest BCUT2D eigenvalue weighted by atomic mass is 10.1. The average Bonchev–Trinajstić information content (AvgIpc) is 3.24. The molecule has 1 fully saturated rings. The number of carbonyl (C=O) groups excluding carboxylic acids is 2. The van der Waals surface area contributed by atoms with Crippen LogP contribution in [0.4, 0.5) is 16.0 Å². The first kappa shape index (κ1) is 18.2. The predicted molar refractivity (Wildman–Crippen MR) is 106 cm³/mol. The SMILES string of the molecule is CCCn1c(NC(=O)[C@@H]2CC(=O)N(c3ccccc3F)C2)nc2ccccc21. The number of imidazole rings is 1. The van der Waals surface area contributed by atoms with Crippen LogP contribution in [0, 0.1) is 11.7 Å². The van der Waals surface area contributed by atoms with Gasteiger partial charge in [0.1, 0.15) is 5.82 Å². The Hall–Kier alpha value is -3.22. The van der Waals surface area contributed by atoms with Crippen molar-refractivity contribution in [1.29, 1.82) is 0 Å². The van der Waals surface area contributed by atoms with E-state index in [1.807, 2.05) is 28.8 Å². The molecule has 1 aliphatic rings. The van der Waals surface area contributed by atoms with E-state index in [0.717, 1.165) is 24.0 Å². The van der Waals surface area contributed by atoms with Gasteiger partial charge in [0.15, 0.2) is 0 Å². The lowest BCUT2D eigenvalue weighted by molar-refractivity contribution is -0.122. The van der Waals surface area contributed by atoms with Crippen LogP contribution in [-0.2, 0) is 16.1 Å². The summed E-state index contributed by atoms with van der Waals surface area (Å²) in [5, 5.41) is 2.87. The maximum atomic E-state index is 14.0. The van der Waals surface area contributed by atoms with Gasteiger partial charge in [-0.05, 0) is 30.7 Å². The summed E-state index contributed by atoms with van der Waals surface area (Å²) in [7, 11) is 0. The molecule has 1 aromatic heterocycles. The van der Waals surface area contributed by atoms with E-state index in [4.69, 9.17) is 0 Å². The van der Waals surface area contributed by atoms with Crippen molar-refractivity contribution in [2.24, 2.45) is 5.92 Å². The standard InChI is InChI=1S/C21H21FN4O2/c1-2-11-25-18-10-6-4-8-16(18)23-21(25)24-20(28)14-12-19(27)26(13-14)17-9-5-3-7-15(17)22/h3-10,14H,2,11-13H2,1H3,(H,23,24,28)/t14-/m1/s1. The fourth-order valence-corrected chi connectivity index (χ4v) is 3.62. The van der Waals surface area contributed by atoms with Gasteiger partial charge in [0.05, 0.1) is 22.6 Å². The highest BCUT2D eigenvalue weighted by Gasteiger charge is 2.36. The molecule has 0 radical (unpaired) electrons. The van der Waals surface area contributed by atoms with Gasteiger partial charge in [-0.3, -0.25) is 14.9 Å². The van der Waals surface area contributed by atoms with Gasteiger partial charge in [-0.15, -0.1) is 0 Å². The number of benzene rings is 2. The first-order valence-corrected chi connectivity index (χ1v) is 9.39. The summed E-state index contributed by atoms with van der Waals surface area (Å²) in [5.74, 6) is -1.08. The van der Waals surface area contributed by atoms with Crippen molar-refractivity contribution in [2.75, 3.05) is 16.8 Å². The van der Waals surface area contributed by atoms with Gasteiger partial charge in [0.2, 0.25) is 17.8 Å². The molecule has 0 saturated carbocycles. The van der Waals surface area contributed by atoms with Crippen LogP contribution in [0.5, 0.6) is 0 Å². The normalized spacial score (nSPS) is 16.7. The highest BCUT2D eigenvalue weighted by Crippen LogP contribution is 2.28. The Morgan fingerprint density at radius 2 is 1.96 bits per heavy atom. The van der Waals surface area contributed by atoms with Gasteiger partial charge in [-0.25, -0.2) is 9.37 Å². The van der Waals surface area contributed by atoms with E-state index < -0.39 is 11.7 Å². The van der Waals surface area contributed by atoms with E-state index in [9.17, 15) is 14.0 Å². The number of aryl methyl sites for hydroxylation is 1. The third-order valence-electron chi connectivity index (χ3n) is 4.98. The highest BCUT2D eigenvalue weighted by molar-refractivity contribution is 6.03. The lowest BCUT2D eigenvalue weighted by Crippen LogP contribution is -2.29. The third-order valence-corrected chi connectivity index (χ3v) is 4.98. The average molecular weight is 380 g/mol. The van der Waals surface area contributed by atoms with Crippen molar-refractivity contribution < 1.29 is 14.0 Å². The van der Waals surface area contributed by atoms with E-state index in [1.54, 1.807) is 18.2 Å². The Bertz CT molecular complexity index is 1050. The number of hydrogen-bond donors (Lipinski definition) is 1. The largest absolute Gasteiger partial charge is 0.310 e. The Morgan fingerprint density at radius 3 is 2.75 bits per heavy atom. The molecule has 0 spiro atoms. The van der Waals surface area contributed by atoms with E-state index in [0.29, 0.717) is 5.95 Å². The van der Waals surface area contributed by atoms with Gasteiger partial charge in [-0.1, -0.05) is 31.2 Å². The van der Waals surface area contributed by atoms with Gasteiger partial charge < -0.3 is 9.47 Å². The van der Waals surface area contributed by atoms with Crippen molar-refractivity contribution >= 4 is 34.5 Å². The zero-order valence-electron chi connectivity index (χ0n) is 15.6. The third kappa shape index (κ3) is 3.24. The second kappa shape index (κ2) is 7.42. The topological polar surface area (TPSA) is 67.2 Å². The number of fused-ring (bicyclic) bond motifs is 1. The first-order valence-electron chi connectivity index (χ1n) is 9.39. The number of rotatable bonds is 5. The number of anilines is 2. The van der Waals surface area contributed by atoms with Crippen LogP contribution >= 0.6 is 0 Å². The molecule has 144 valence electrons. The van der Waals surface area contributed by atoms with E-state index in [-0.39, 0.29) is 30.5 Å². The zero-order valence-corrected chi connectivity index (χ0v) is 15.6. The molecule has 1 saturated heterocycles. The summed E-state index contributed by atoms with van der Waals surface area (Å²) in [6.45, 7) is 2.93. The monoisotopic (exact) mass is 380 g/mol. The summed E-state index contributed by atoms with van der Waals surface area (Å²) in [5.41, 5.74) is 1.97. The van der Waals surface area contributed by atoms with Crippen LogP contribution < -0.4 is 10.2 Å². The lowest BCUT2D eigenvalue weighted by Gasteiger charge is -2.17. The maximum Gasteiger partial charge on any atom is 0.232 e. The second-order valence-corrected chi connectivity index (χ2v) is 6.92. The van der Waals surface area contributed by atoms with E-state index >= 15 is 0 Å². The van der Waals surface area contributed by atoms with Crippen LogP contribution in [0.3, 0.4) is 0 Å². The number of para-hydroxylation sites is 3. The minimum atomic E-state index is -0.554. The van der Waals surface area contributed by atoms with Crippen molar-refractivity contribution in [3.05, 3.63) is 54.3 Å². The molecule has 0 aliphatic carbocycles. The van der Waals surface area contributed by atoms with Crippen LogP contribution in [0.2, 0.25) is 0 Å². The van der Waals surface area contributed by atoms with Crippen LogP contribution in [0.1, 0.15) is 19.8 Å². The number of halogens is 1. The summed E-state index contributed by atoms with van der Waals surface area (Å²) in [6.07, 6.45) is 0.945. The highest BCUT2D eigenvalue weighted by atomic mass is 19.1. The van der Waals surface area contributed by atoms with Crippen LogP contribution in [-0.4, -0.2) is 27.9 Å². The van der Waals surface area contributed by atoms with Crippen LogP contribution in [0.25, 0.3) is 11.0 Å². The summed E-state index contributed by atoms with van der Waals surface area (Å²) >= 11 is 0. The molecular weight excluding hydrogens is 359 g/mol. The molecule has 0 unspecified atom stereocenters. The minimum absolute atomic E-state index is 0.0498. The Kier molecular flexibility index (Phi) is 4.81. The second-order valence-electron chi connectivity index (χ2n) is 6.92. The van der Waals surface area contributed by atoms with Crippen LogP contribution in [0.15, 0.2) is 48.5 Å². The quantitative estimate of drug-likeness (QED) is 0.736. The smallest absolute Gasteiger partial charge is 0.232 e.